The van der Waals surface area contributed by atoms with Gasteiger partial charge in [0, 0.05) is 16.6 Å². The van der Waals surface area contributed by atoms with E-state index >= 15 is 0 Å². The van der Waals surface area contributed by atoms with Gasteiger partial charge in [-0.05, 0) is 32.5 Å². The third-order valence-corrected chi connectivity index (χ3v) is 4.40. The first-order valence-corrected chi connectivity index (χ1v) is 7.17. The molecule has 4 N–H and O–H groups in total. The van der Waals surface area contributed by atoms with Gasteiger partial charge in [-0.2, -0.15) is 0 Å². The van der Waals surface area contributed by atoms with Gasteiger partial charge in [-0.15, -0.1) is 11.3 Å². The van der Waals surface area contributed by atoms with Crippen molar-refractivity contribution in [2.24, 2.45) is 0 Å². The molecule has 1 amide bonds. The summed E-state index contributed by atoms with van der Waals surface area (Å²) in [5, 5.41) is 6.93. The third kappa shape index (κ3) is 2.88. The van der Waals surface area contributed by atoms with Crippen LogP contribution in [0.2, 0.25) is 0 Å². The number of hydrogen-bond donors (Lipinski definition) is 3. The van der Waals surface area contributed by atoms with Crippen molar-refractivity contribution in [3.63, 3.8) is 0 Å². The van der Waals surface area contributed by atoms with Crippen LogP contribution < -0.4 is 16.4 Å². The maximum Gasteiger partial charge on any atom is 0.263 e. The quantitative estimate of drug-likeness (QED) is 0.733. The highest BCUT2D eigenvalue weighted by molar-refractivity contribution is 7.21. The highest BCUT2D eigenvalue weighted by Crippen LogP contribution is 2.35. The molecule has 0 unspecified atom stereocenters. The van der Waals surface area contributed by atoms with Crippen molar-refractivity contribution >= 4 is 33.0 Å². The molecule has 102 valence electrons. The average Bonchev–Trinajstić information content (AvgIpc) is 2.74. The van der Waals surface area contributed by atoms with Gasteiger partial charge in [0.15, 0.2) is 0 Å². The minimum Gasteiger partial charge on any atom is -0.397 e. The Kier molecular flexibility index (Phi) is 4.39. The molecule has 0 aliphatic rings. The summed E-state index contributed by atoms with van der Waals surface area (Å²) >= 11 is 1.47. The molecule has 2 rings (SSSR count). The number of nitrogen functional groups attached to an aromatic ring is 1. The van der Waals surface area contributed by atoms with Gasteiger partial charge in [0.25, 0.3) is 5.91 Å². The number of benzene rings is 1. The zero-order valence-corrected chi connectivity index (χ0v) is 12.1. The number of carbonyl (C=O) groups excluding carboxylic acids is 1. The molecule has 19 heavy (non-hydrogen) atoms. The number of amides is 1. The number of nitrogens with one attached hydrogen (secondary N) is 2. The lowest BCUT2D eigenvalue weighted by Gasteiger charge is -2.03. The Morgan fingerprint density at radius 1 is 1.37 bits per heavy atom. The smallest absolute Gasteiger partial charge is 0.263 e. The van der Waals surface area contributed by atoms with Crippen molar-refractivity contribution in [2.45, 2.75) is 13.3 Å². The zero-order chi connectivity index (χ0) is 13.8. The van der Waals surface area contributed by atoms with E-state index in [2.05, 4.69) is 10.6 Å². The number of anilines is 1. The van der Waals surface area contributed by atoms with Crippen LogP contribution in [-0.2, 0) is 0 Å². The number of nitrogens with two attached hydrogens (primary N) is 1. The molecule has 1 aromatic heterocycles. The Bertz CT molecular complexity index is 592. The summed E-state index contributed by atoms with van der Waals surface area (Å²) in [6, 6.07) is 5.97. The number of carbonyl (C=O) groups is 1. The van der Waals surface area contributed by atoms with E-state index in [1.54, 1.807) is 0 Å². The van der Waals surface area contributed by atoms with E-state index in [-0.39, 0.29) is 5.91 Å². The summed E-state index contributed by atoms with van der Waals surface area (Å²) < 4.78 is 1.10. The maximum absolute atomic E-state index is 12.1. The first-order valence-electron chi connectivity index (χ1n) is 6.35. The Labute approximate surface area is 117 Å². The number of fused-ring (bicyclic) bond motifs is 1. The molecule has 2 aromatic rings. The SMILES string of the molecule is CNCCCNC(=O)c1sc2c(C)cccc2c1N. The van der Waals surface area contributed by atoms with Crippen LogP contribution >= 0.6 is 11.3 Å². The van der Waals surface area contributed by atoms with Crippen LogP contribution in [-0.4, -0.2) is 26.0 Å². The maximum atomic E-state index is 12.1. The molecule has 0 spiro atoms. The Morgan fingerprint density at radius 3 is 2.84 bits per heavy atom. The highest BCUT2D eigenvalue weighted by atomic mass is 32.1. The van der Waals surface area contributed by atoms with Gasteiger partial charge in [0.2, 0.25) is 0 Å². The molecule has 0 bridgehead atoms. The largest absolute Gasteiger partial charge is 0.397 e. The van der Waals surface area contributed by atoms with Crippen molar-refractivity contribution < 1.29 is 4.79 Å². The van der Waals surface area contributed by atoms with Crippen LogP contribution in [0.4, 0.5) is 5.69 Å². The van der Waals surface area contributed by atoms with Crippen molar-refractivity contribution in [2.75, 3.05) is 25.9 Å². The lowest BCUT2D eigenvalue weighted by atomic mass is 10.1. The molecule has 1 heterocycles. The second kappa shape index (κ2) is 6.04. The van der Waals surface area contributed by atoms with E-state index in [9.17, 15) is 4.79 Å². The molecule has 0 saturated heterocycles. The van der Waals surface area contributed by atoms with E-state index in [0.717, 1.165) is 28.6 Å². The molecule has 4 nitrogen and oxygen atoms in total. The van der Waals surface area contributed by atoms with Crippen molar-refractivity contribution in [3.05, 3.63) is 28.6 Å². The van der Waals surface area contributed by atoms with Gasteiger partial charge < -0.3 is 16.4 Å². The molecule has 0 saturated carbocycles. The van der Waals surface area contributed by atoms with E-state index in [1.807, 2.05) is 32.2 Å². The molecule has 0 radical (unpaired) electrons. The summed E-state index contributed by atoms with van der Waals surface area (Å²) in [4.78, 5) is 12.7. The third-order valence-electron chi connectivity index (χ3n) is 3.05. The minimum atomic E-state index is -0.0748. The van der Waals surface area contributed by atoms with Crippen LogP contribution in [0.1, 0.15) is 21.7 Å². The van der Waals surface area contributed by atoms with Gasteiger partial charge in [-0.3, -0.25) is 4.79 Å². The normalized spacial score (nSPS) is 10.8. The summed E-state index contributed by atoms with van der Waals surface area (Å²) in [5.74, 6) is -0.0748. The molecule has 0 aliphatic heterocycles. The monoisotopic (exact) mass is 277 g/mol. The second-order valence-corrected chi connectivity index (χ2v) is 5.53. The second-order valence-electron chi connectivity index (χ2n) is 4.51. The summed E-state index contributed by atoms with van der Waals surface area (Å²) in [6.45, 7) is 3.58. The first kappa shape index (κ1) is 13.8. The van der Waals surface area contributed by atoms with Crippen LogP contribution in [0.25, 0.3) is 10.1 Å². The van der Waals surface area contributed by atoms with E-state index in [1.165, 1.54) is 11.3 Å². The summed E-state index contributed by atoms with van der Waals surface area (Å²) in [5.41, 5.74) is 7.82. The van der Waals surface area contributed by atoms with Gasteiger partial charge in [0.05, 0.1) is 5.69 Å². The Balaban J connectivity index is 2.18. The molecule has 0 fully saturated rings. The first-order chi connectivity index (χ1) is 9.15. The Morgan fingerprint density at radius 2 is 2.16 bits per heavy atom. The zero-order valence-electron chi connectivity index (χ0n) is 11.2. The van der Waals surface area contributed by atoms with Gasteiger partial charge >= 0.3 is 0 Å². The lowest BCUT2D eigenvalue weighted by Crippen LogP contribution is -2.26. The van der Waals surface area contributed by atoms with E-state index in [0.29, 0.717) is 17.1 Å². The minimum absolute atomic E-state index is 0.0748. The molecule has 5 heteroatoms. The fraction of sp³-hybridized carbons (Fsp3) is 0.357. The van der Waals surface area contributed by atoms with Crippen LogP contribution in [0.5, 0.6) is 0 Å². The molecule has 0 atom stereocenters. The van der Waals surface area contributed by atoms with Gasteiger partial charge in [-0.1, -0.05) is 18.2 Å². The van der Waals surface area contributed by atoms with Crippen molar-refractivity contribution in [1.29, 1.82) is 0 Å². The molecular weight excluding hydrogens is 258 g/mol. The number of hydrogen-bond acceptors (Lipinski definition) is 4. The summed E-state index contributed by atoms with van der Waals surface area (Å²) in [7, 11) is 1.90. The van der Waals surface area contributed by atoms with Crippen molar-refractivity contribution in [1.82, 2.24) is 10.6 Å². The standard InChI is InChI=1S/C14H19N3OS/c1-9-5-3-6-10-11(15)13(19-12(9)10)14(18)17-8-4-7-16-2/h3,5-6,16H,4,7-8,15H2,1-2H3,(H,17,18). The molecule has 1 aromatic carbocycles. The molecule has 0 aliphatic carbocycles. The van der Waals surface area contributed by atoms with Crippen molar-refractivity contribution in [3.8, 4) is 0 Å². The topological polar surface area (TPSA) is 67.1 Å². The van der Waals surface area contributed by atoms with Crippen LogP contribution in [0, 0.1) is 6.92 Å². The number of rotatable bonds is 5. The molecular formula is C14H19N3OS. The van der Waals surface area contributed by atoms with Crippen LogP contribution in [0.3, 0.4) is 0 Å². The predicted molar refractivity (Wildman–Crippen MR) is 81.9 cm³/mol. The van der Waals surface area contributed by atoms with Gasteiger partial charge in [0.1, 0.15) is 4.88 Å². The average molecular weight is 277 g/mol. The predicted octanol–water partition coefficient (Wildman–Crippen LogP) is 2.13. The fourth-order valence-corrected chi connectivity index (χ4v) is 3.10. The van der Waals surface area contributed by atoms with E-state index < -0.39 is 0 Å². The Hall–Kier alpha value is -1.59. The van der Waals surface area contributed by atoms with Crippen LogP contribution in [0.15, 0.2) is 18.2 Å². The van der Waals surface area contributed by atoms with Gasteiger partial charge in [-0.25, -0.2) is 0 Å². The van der Waals surface area contributed by atoms with E-state index in [4.69, 9.17) is 5.73 Å². The summed E-state index contributed by atoms with van der Waals surface area (Å²) in [6.07, 6.45) is 0.909. The highest BCUT2D eigenvalue weighted by Gasteiger charge is 2.16. The fourth-order valence-electron chi connectivity index (χ4n) is 2.00. The number of thiophene rings is 1. The number of aryl methyl sites for hydroxylation is 1. The lowest BCUT2D eigenvalue weighted by molar-refractivity contribution is 0.0958.